The van der Waals surface area contributed by atoms with Crippen molar-refractivity contribution in [2.75, 3.05) is 12.4 Å². The summed E-state index contributed by atoms with van der Waals surface area (Å²) in [5, 5.41) is 14.6. The van der Waals surface area contributed by atoms with Crippen molar-refractivity contribution in [1.29, 1.82) is 0 Å². The van der Waals surface area contributed by atoms with E-state index in [1.165, 1.54) is 0 Å². The molecular formula is C17H18N2O2. The summed E-state index contributed by atoms with van der Waals surface area (Å²) in [5.41, 5.74) is 2.93. The summed E-state index contributed by atoms with van der Waals surface area (Å²) >= 11 is 0. The van der Waals surface area contributed by atoms with Crippen LogP contribution in [0.2, 0.25) is 0 Å². The molecule has 3 N–H and O–H groups in total. The number of aromatic nitrogens is 1. The monoisotopic (exact) mass is 282 g/mol. The molecule has 0 bridgehead atoms. The zero-order valence-electron chi connectivity index (χ0n) is 12.1. The van der Waals surface area contributed by atoms with E-state index in [0.29, 0.717) is 0 Å². The van der Waals surface area contributed by atoms with Gasteiger partial charge in [-0.25, -0.2) is 0 Å². The lowest BCUT2D eigenvalue weighted by atomic mass is 10.1. The van der Waals surface area contributed by atoms with Crippen molar-refractivity contribution < 1.29 is 9.84 Å². The lowest BCUT2D eigenvalue weighted by molar-refractivity contribution is 0.410. The minimum atomic E-state index is -0.0310. The van der Waals surface area contributed by atoms with Gasteiger partial charge < -0.3 is 20.1 Å². The molecule has 1 heterocycles. The van der Waals surface area contributed by atoms with E-state index in [2.05, 4.69) is 16.4 Å². The number of rotatable bonds is 4. The number of methoxy groups -OCH3 is 1. The van der Waals surface area contributed by atoms with Crippen LogP contribution in [0.3, 0.4) is 0 Å². The number of phenolic OH excluding ortho intramolecular Hbond substituents is 1. The SMILES string of the molecule is COc1ccc(O)c(C(C)Nc2ccc3[nH]ccc3c2)c1. The second kappa shape index (κ2) is 5.40. The molecule has 108 valence electrons. The number of benzene rings is 2. The normalized spacial score (nSPS) is 12.3. The van der Waals surface area contributed by atoms with Gasteiger partial charge in [0.2, 0.25) is 0 Å². The fourth-order valence-electron chi connectivity index (χ4n) is 2.48. The van der Waals surface area contributed by atoms with Crippen LogP contribution in [0.4, 0.5) is 5.69 Å². The topological polar surface area (TPSA) is 57.3 Å². The van der Waals surface area contributed by atoms with Crippen LogP contribution >= 0.6 is 0 Å². The van der Waals surface area contributed by atoms with Gasteiger partial charge in [-0.15, -0.1) is 0 Å². The number of fused-ring (bicyclic) bond motifs is 1. The Morgan fingerprint density at radius 2 is 2.00 bits per heavy atom. The van der Waals surface area contributed by atoms with Gasteiger partial charge in [-0.05, 0) is 49.4 Å². The summed E-state index contributed by atoms with van der Waals surface area (Å²) in [7, 11) is 1.62. The molecule has 0 aliphatic rings. The van der Waals surface area contributed by atoms with Gasteiger partial charge in [-0.1, -0.05) is 0 Å². The summed E-state index contributed by atoms with van der Waals surface area (Å²) in [6, 6.07) is 13.4. The van der Waals surface area contributed by atoms with E-state index >= 15 is 0 Å². The lowest BCUT2D eigenvalue weighted by Crippen LogP contribution is -2.07. The number of aromatic hydroxyl groups is 1. The highest BCUT2D eigenvalue weighted by Crippen LogP contribution is 2.31. The fourth-order valence-corrected chi connectivity index (χ4v) is 2.48. The number of ether oxygens (including phenoxy) is 1. The third-order valence-electron chi connectivity index (χ3n) is 3.64. The Kier molecular flexibility index (Phi) is 3.44. The Morgan fingerprint density at radius 1 is 1.14 bits per heavy atom. The van der Waals surface area contributed by atoms with E-state index in [1.54, 1.807) is 19.2 Å². The Balaban J connectivity index is 1.86. The molecule has 0 amide bonds. The van der Waals surface area contributed by atoms with Gasteiger partial charge in [0.15, 0.2) is 0 Å². The molecule has 1 unspecified atom stereocenters. The molecule has 3 rings (SSSR count). The molecule has 0 saturated heterocycles. The molecular weight excluding hydrogens is 264 g/mol. The maximum absolute atomic E-state index is 10.0. The van der Waals surface area contributed by atoms with Crippen molar-refractivity contribution in [3.63, 3.8) is 0 Å². The van der Waals surface area contributed by atoms with Crippen LogP contribution in [0, 0.1) is 0 Å². The van der Waals surface area contributed by atoms with Gasteiger partial charge in [0.05, 0.1) is 13.2 Å². The number of hydrogen-bond acceptors (Lipinski definition) is 3. The highest BCUT2D eigenvalue weighted by atomic mass is 16.5. The zero-order chi connectivity index (χ0) is 14.8. The zero-order valence-corrected chi connectivity index (χ0v) is 12.1. The van der Waals surface area contributed by atoms with Crippen LogP contribution in [0.15, 0.2) is 48.7 Å². The number of H-pyrrole nitrogens is 1. The first-order valence-electron chi connectivity index (χ1n) is 6.88. The molecule has 0 aliphatic carbocycles. The molecule has 2 aromatic carbocycles. The number of hydrogen-bond donors (Lipinski definition) is 3. The van der Waals surface area contributed by atoms with Crippen molar-refractivity contribution in [3.8, 4) is 11.5 Å². The molecule has 0 saturated carbocycles. The van der Waals surface area contributed by atoms with E-state index in [1.807, 2.05) is 37.4 Å². The number of phenols is 1. The van der Waals surface area contributed by atoms with Crippen LogP contribution in [-0.2, 0) is 0 Å². The standard InChI is InChI=1S/C17H18N2O2/c1-11(15-10-14(21-2)4-6-17(15)20)19-13-3-5-16-12(9-13)7-8-18-16/h3-11,18-20H,1-2H3. The van der Waals surface area contributed by atoms with Crippen molar-refractivity contribution in [1.82, 2.24) is 4.98 Å². The maximum Gasteiger partial charge on any atom is 0.121 e. The molecule has 0 fully saturated rings. The molecule has 4 heteroatoms. The number of anilines is 1. The average molecular weight is 282 g/mol. The first-order valence-corrected chi connectivity index (χ1v) is 6.88. The summed E-state index contributed by atoms with van der Waals surface area (Å²) in [5.74, 6) is 0.996. The summed E-state index contributed by atoms with van der Waals surface area (Å²) in [4.78, 5) is 3.17. The fraction of sp³-hybridized carbons (Fsp3) is 0.176. The van der Waals surface area contributed by atoms with E-state index in [4.69, 9.17) is 4.74 Å². The third-order valence-corrected chi connectivity index (χ3v) is 3.64. The summed E-state index contributed by atoms with van der Waals surface area (Å²) < 4.78 is 5.21. The Morgan fingerprint density at radius 3 is 2.81 bits per heavy atom. The van der Waals surface area contributed by atoms with E-state index in [-0.39, 0.29) is 11.8 Å². The molecule has 21 heavy (non-hydrogen) atoms. The number of aromatic amines is 1. The predicted octanol–water partition coefficient (Wildman–Crippen LogP) is 4.06. The van der Waals surface area contributed by atoms with Gasteiger partial charge in [0.1, 0.15) is 11.5 Å². The average Bonchev–Trinajstić information content (AvgIpc) is 2.95. The molecule has 1 aromatic heterocycles. The summed E-state index contributed by atoms with van der Waals surface area (Å²) in [6.45, 7) is 2.01. The minimum absolute atomic E-state index is 0.0310. The molecule has 0 spiro atoms. The van der Waals surface area contributed by atoms with E-state index in [0.717, 1.165) is 27.9 Å². The van der Waals surface area contributed by atoms with Gasteiger partial charge in [-0.2, -0.15) is 0 Å². The molecule has 3 aromatic rings. The quantitative estimate of drug-likeness (QED) is 0.676. The van der Waals surface area contributed by atoms with Crippen molar-refractivity contribution in [2.24, 2.45) is 0 Å². The molecule has 4 nitrogen and oxygen atoms in total. The first kappa shape index (κ1) is 13.4. The van der Waals surface area contributed by atoms with Crippen molar-refractivity contribution in [3.05, 3.63) is 54.2 Å². The Hall–Kier alpha value is -2.62. The van der Waals surface area contributed by atoms with Crippen LogP contribution < -0.4 is 10.1 Å². The second-order valence-electron chi connectivity index (χ2n) is 5.07. The first-order chi connectivity index (χ1) is 10.2. The molecule has 0 aliphatic heterocycles. The molecule has 1 atom stereocenters. The van der Waals surface area contributed by atoms with Crippen LogP contribution in [0.25, 0.3) is 10.9 Å². The van der Waals surface area contributed by atoms with Gasteiger partial charge >= 0.3 is 0 Å². The minimum Gasteiger partial charge on any atom is -0.508 e. The Labute approximate surface area is 123 Å². The van der Waals surface area contributed by atoms with Crippen molar-refractivity contribution in [2.45, 2.75) is 13.0 Å². The van der Waals surface area contributed by atoms with Gasteiger partial charge in [0.25, 0.3) is 0 Å². The van der Waals surface area contributed by atoms with Crippen LogP contribution in [0.5, 0.6) is 11.5 Å². The van der Waals surface area contributed by atoms with Gasteiger partial charge in [0, 0.05) is 28.4 Å². The van der Waals surface area contributed by atoms with E-state index < -0.39 is 0 Å². The predicted molar refractivity (Wildman–Crippen MR) is 85.0 cm³/mol. The van der Waals surface area contributed by atoms with E-state index in [9.17, 15) is 5.11 Å². The summed E-state index contributed by atoms with van der Waals surface area (Å²) in [6.07, 6.45) is 1.92. The Bertz CT molecular complexity index is 764. The largest absolute Gasteiger partial charge is 0.508 e. The van der Waals surface area contributed by atoms with Crippen LogP contribution in [0.1, 0.15) is 18.5 Å². The third kappa shape index (κ3) is 2.65. The molecule has 0 radical (unpaired) electrons. The van der Waals surface area contributed by atoms with Crippen molar-refractivity contribution >= 4 is 16.6 Å². The highest BCUT2D eigenvalue weighted by Gasteiger charge is 2.12. The lowest BCUT2D eigenvalue weighted by Gasteiger charge is -2.18. The highest BCUT2D eigenvalue weighted by molar-refractivity contribution is 5.83. The second-order valence-corrected chi connectivity index (χ2v) is 5.07. The van der Waals surface area contributed by atoms with Gasteiger partial charge in [-0.3, -0.25) is 0 Å². The number of nitrogens with one attached hydrogen (secondary N) is 2. The maximum atomic E-state index is 10.0. The smallest absolute Gasteiger partial charge is 0.121 e. The van der Waals surface area contributed by atoms with Crippen LogP contribution in [-0.4, -0.2) is 17.2 Å².